The van der Waals surface area contributed by atoms with Crippen molar-refractivity contribution in [2.24, 2.45) is 13.0 Å². The first-order chi connectivity index (χ1) is 12.5. The molecule has 140 valence electrons. The van der Waals surface area contributed by atoms with Crippen LogP contribution < -0.4 is 4.57 Å². The van der Waals surface area contributed by atoms with Crippen LogP contribution in [0.15, 0.2) is 50.7 Å². The van der Waals surface area contributed by atoms with Crippen molar-refractivity contribution >= 4 is 18.0 Å². The molecule has 0 radical (unpaired) electrons. The third-order valence-corrected chi connectivity index (χ3v) is 4.82. The summed E-state index contributed by atoms with van der Waals surface area (Å²) in [6.45, 7) is 11.8. The molecule has 0 spiro atoms. The van der Waals surface area contributed by atoms with E-state index in [1.807, 2.05) is 39.8 Å². The van der Waals surface area contributed by atoms with E-state index in [1.165, 1.54) is 0 Å². The number of carbonyl (C=O) groups excluding carboxylic acids is 2. The van der Waals surface area contributed by atoms with Gasteiger partial charge in [-0.25, -0.2) is 9.13 Å². The maximum Gasteiger partial charge on any atom is 0.248 e. The van der Waals surface area contributed by atoms with Gasteiger partial charge < -0.3 is 4.90 Å². The Labute approximate surface area is 155 Å². The molecular formula is C20H29N4O2+. The summed E-state index contributed by atoms with van der Waals surface area (Å²) in [7, 11) is 1.97. The third kappa shape index (κ3) is 4.50. The van der Waals surface area contributed by atoms with Crippen molar-refractivity contribution in [1.29, 1.82) is 0 Å². The van der Waals surface area contributed by atoms with E-state index in [4.69, 9.17) is 0 Å². The molecule has 3 heterocycles. The minimum atomic E-state index is -0.147. The number of rotatable bonds is 4. The van der Waals surface area contributed by atoms with E-state index >= 15 is 0 Å². The lowest BCUT2D eigenvalue weighted by molar-refractivity contribution is -0.670. The molecule has 1 aromatic heterocycles. The Morgan fingerprint density at radius 3 is 2.38 bits per heavy atom. The van der Waals surface area contributed by atoms with E-state index in [1.54, 1.807) is 23.4 Å². The highest BCUT2D eigenvalue weighted by Crippen LogP contribution is 2.28. The van der Waals surface area contributed by atoms with E-state index < -0.39 is 0 Å². The van der Waals surface area contributed by atoms with Crippen LogP contribution in [-0.4, -0.2) is 38.9 Å². The van der Waals surface area contributed by atoms with Crippen molar-refractivity contribution in [3.63, 3.8) is 0 Å². The Balaban J connectivity index is 0.000000254. The minimum Gasteiger partial charge on any atom is -0.322 e. The number of carbonyl (C=O) groups is 2. The number of amides is 2. The van der Waals surface area contributed by atoms with Gasteiger partial charge in [-0.2, -0.15) is 0 Å². The predicted molar refractivity (Wildman–Crippen MR) is 101 cm³/mol. The Bertz CT molecular complexity index is 679. The number of aryl methyl sites for hydroxylation is 1. The molecule has 0 aliphatic carbocycles. The van der Waals surface area contributed by atoms with Crippen LogP contribution in [0.5, 0.6) is 0 Å². The first kappa shape index (κ1) is 19.7. The number of imidazole rings is 1. The van der Waals surface area contributed by atoms with E-state index in [9.17, 15) is 9.59 Å². The van der Waals surface area contributed by atoms with Gasteiger partial charge in [-0.15, -0.1) is 6.58 Å². The number of hydrogen-bond donors (Lipinski definition) is 0. The summed E-state index contributed by atoms with van der Waals surface area (Å²) in [4.78, 5) is 27.6. The third-order valence-electron chi connectivity index (χ3n) is 4.82. The largest absolute Gasteiger partial charge is 0.322 e. The highest BCUT2D eigenvalue weighted by atomic mass is 16.2. The zero-order chi connectivity index (χ0) is 19.1. The van der Waals surface area contributed by atoms with Crippen LogP contribution >= 0.6 is 0 Å². The minimum absolute atomic E-state index is 0.0159. The molecular weight excluding hydrogens is 328 g/mol. The molecule has 2 unspecified atom stereocenters. The van der Waals surface area contributed by atoms with Crippen molar-refractivity contribution < 1.29 is 14.2 Å². The highest BCUT2D eigenvalue weighted by Gasteiger charge is 2.36. The Hall–Kier alpha value is -2.63. The smallest absolute Gasteiger partial charge is 0.248 e. The summed E-state index contributed by atoms with van der Waals surface area (Å²) in [6.07, 6.45) is 14.8. The van der Waals surface area contributed by atoms with Crippen molar-refractivity contribution in [1.82, 2.24) is 14.4 Å². The van der Waals surface area contributed by atoms with E-state index in [0.717, 1.165) is 32.2 Å². The molecule has 2 fully saturated rings. The van der Waals surface area contributed by atoms with Crippen LogP contribution in [0.2, 0.25) is 0 Å². The summed E-state index contributed by atoms with van der Waals surface area (Å²) >= 11 is 0. The monoisotopic (exact) mass is 357 g/mol. The summed E-state index contributed by atoms with van der Waals surface area (Å²) in [6, 6.07) is 0. The molecule has 2 saturated heterocycles. The second-order valence-corrected chi connectivity index (χ2v) is 6.58. The van der Waals surface area contributed by atoms with Crippen molar-refractivity contribution in [2.45, 2.75) is 38.3 Å². The molecule has 2 atom stereocenters. The molecule has 2 aliphatic rings. The standard InChI is InChI=1S/C14H20N2O2.C6H9N2/c1-3-11-7-5-8-12(15(4-2)14(11)18)16-10-6-9-13(16)17;1-3-8-5-4-7(2)6-8/h3-4,11-12H,1-2,5-10H2;3-6H,1H2,2H3/q;+1. The molecule has 1 aromatic rings. The SMILES string of the molecule is C=CC1CCCC(N2CCCC2=O)N(C=C)C1=O.C=Cn1cc[n+](C)c1. The first-order valence-electron chi connectivity index (χ1n) is 9.03. The molecule has 0 saturated carbocycles. The summed E-state index contributed by atoms with van der Waals surface area (Å²) in [5, 5.41) is 0. The van der Waals surface area contributed by atoms with Gasteiger partial charge in [0.2, 0.25) is 18.1 Å². The van der Waals surface area contributed by atoms with Crippen LogP contribution in [0, 0.1) is 5.92 Å². The normalized spacial score (nSPS) is 23.1. The van der Waals surface area contributed by atoms with Crippen LogP contribution in [0.25, 0.3) is 6.20 Å². The van der Waals surface area contributed by atoms with E-state index in [2.05, 4.69) is 19.7 Å². The molecule has 0 N–H and O–H groups in total. The number of aromatic nitrogens is 2. The lowest BCUT2D eigenvalue weighted by Gasteiger charge is -2.34. The summed E-state index contributed by atoms with van der Waals surface area (Å²) < 4.78 is 3.85. The van der Waals surface area contributed by atoms with Crippen molar-refractivity contribution in [3.05, 3.63) is 50.7 Å². The lowest BCUT2D eigenvalue weighted by Crippen LogP contribution is -2.49. The number of hydrogen-bond acceptors (Lipinski definition) is 2. The topological polar surface area (TPSA) is 49.4 Å². The maximum absolute atomic E-state index is 12.3. The zero-order valence-corrected chi connectivity index (χ0v) is 15.6. The quantitative estimate of drug-likeness (QED) is 0.613. The van der Waals surface area contributed by atoms with Crippen molar-refractivity contribution in [2.75, 3.05) is 6.54 Å². The number of likely N-dealkylation sites (tertiary alicyclic amines) is 2. The van der Waals surface area contributed by atoms with Gasteiger partial charge in [-0.3, -0.25) is 14.5 Å². The van der Waals surface area contributed by atoms with Crippen LogP contribution in [0.3, 0.4) is 0 Å². The molecule has 26 heavy (non-hydrogen) atoms. The first-order valence-corrected chi connectivity index (χ1v) is 9.03. The van der Waals surface area contributed by atoms with Gasteiger partial charge in [-0.05, 0) is 25.7 Å². The van der Waals surface area contributed by atoms with Gasteiger partial charge in [0.25, 0.3) is 0 Å². The molecule has 0 bridgehead atoms. The van der Waals surface area contributed by atoms with Crippen LogP contribution in [0.4, 0.5) is 0 Å². The van der Waals surface area contributed by atoms with Gasteiger partial charge in [-0.1, -0.05) is 19.2 Å². The molecule has 6 nitrogen and oxygen atoms in total. The zero-order valence-electron chi connectivity index (χ0n) is 15.6. The summed E-state index contributed by atoms with van der Waals surface area (Å²) in [5.41, 5.74) is 0. The van der Waals surface area contributed by atoms with Gasteiger partial charge in [0.15, 0.2) is 0 Å². The number of nitrogens with zero attached hydrogens (tertiary/aromatic N) is 4. The van der Waals surface area contributed by atoms with Gasteiger partial charge >= 0.3 is 0 Å². The van der Waals surface area contributed by atoms with Gasteiger partial charge in [0.1, 0.15) is 18.6 Å². The van der Waals surface area contributed by atoms with Crippen LogP contribution in [0.1, 0.15) is 32.1 Å². The molecule has 0 aromatic carbocycles. The van der Waals surface area contributed by atoms with Crippen molar-refractivity contribution in [3.8, 4) is 0 Å². The molecule has 3 rings (SSSR count). The summed E-state index contributed by atoms with van der Waals surface area (Å²) in [5.74, 6) is 0.0182. The van der Waals surface area contributed by atoms with Gasteiger partial charge in [0.05, 0.1) is 19.2 Å². The average Bonchev–Trinajstić information content (AvgIpc) is 3.22. The Kier molecular flexibility index (Phi) is 6.95. The van der Waals surface area contributed by atoms with Gasteiger partial charge in [0, 0.05) is 19.2 Å². The fourth-order valence-corrected chi connectivity index (χ4v) is 3.42. The second-order valence-electron chi connectivity index (χ2n) is 6.58. The van der Waals surface area contributed by atoms with E-state index in [0.29, 0.717) is 6.42 Å². The highest BCUT2D eigenvalue weighted by molar-refractivity contribution is 5.83. The fraction of sp³-hybridized carbons (Fsp3) is 0.450. The average molecular weight is 357 g/mol. The second kappa shape index (κ2) is 9.17. The Morgan fingerprint density at radius 1 is 1.15 bits per heavy atom. The fourth-order valence-electron chi connectivity index (χ4n) is 3.42. The Morgan fingerprint density at radius 2 is 1.92 bits per heavy atom. The molecule has 2 aliphatic heterocycles. The lowest BCUT2D eigenvalue weighted by atomic mass is 10.0. The van der Waals surface area contributed by atoms with Crippen LogP contribution in [-0.2, 0) is 16.6 Å². The molecule has 2 amide bonds. The predicted octanol–water partition coefficient (Wildman–Crippen LogP) is 2.31. The maximum atomic E-state index is 12.3. The van der Waals surface area contributed by atoms with E-state index in [-0.39, 0.29) is 23.9 Å². The molecule has 6 heteroatoms.